The second-order valence-electron chi connectivity index (χ2n) is 6.83. The third-order valence-corrected chi connectivity index (χ3v) is 4.77. The summed E-state index contributed by atoms with van der Waals surface area (Å²) in [6.07, 6.45) is 0. The maximum absolute atomic E-state index is 12.3. The van der Waals surface area contributed by atoms with Gasteiger partial charge < -0.3 is 15.0 Å². The highest BCUT2D eigenvalue weighted by Crippen LogP contribution is 2.19. The van der Waals surface area contributed by atoms with E-state index < -0.39 is 0 Å². The average Bonchev–Trinajstić information content (AvgIpc) is 2.69. The lowest BCUT2D eigenvalue weighted by atomic mass is 10.0. The van der Waals surface area contributed by atoms with E-state index in [-0.39, 0.29) is 11.0 Å². The zero-order valence-electron chi connectivity index (χ0n) is 15.7. The number of carbonyl (C=O) groups excluding carboxylic acids is 1. The fourth-order valence-electron chi connectivity index (χ4n) is 2.93. The Morgan fingerprint density at radius 2 is 1.67 bits per heavy atom. The van der Waals surface area contributed by atoms with E-state index >= 15 is 0 Å². The molecule has 1 aliphatic heterocycles. The summed E-state index contributed by atoms with van der Waals surface area (Å²) in [5.41, 5.74) is 3.79. The number of amides is 1. The highest BCUT2D eigenvalue weighted by molar-refractivity contribution is 7.80. The molecule has 0 aromatic heterocycles. The van der Waals surface area contributed by atoms with Gasteiger partial charge in [0.25, 0.3) is 5.91 Å². The number of anilines is 2. The SMILES string of the molecule is CC(C)c1ccc(C(=O)NC(=S)Nc2ccc(N3CCOCC3)cc2)cc1. The van der Waals surface area contributed by atoms with Crippen molar-refractivity contribution in [1.29, 1.82) is 0 Å². The Morgan fingerprint density at radius 3 is 2.26 bits per heavy atom. The molecule has 1 aliphatic rings. The molecule has 0 spiro atoms. The summed E-state index contributed by atoms with van der Waals surface area (Å²) in [5.74, 6) is 0.220. The molecule has 0 unspecified atom stereocenters. The Morgan fingerprint density at radius 1 is 1.04 bits per heavy atom. The summed E-state index contributed by atoms with van der Waals surface area (Å²) in [4.78, 5) is 14.6. The van der Waals surface area contributed by atoms with Gasteiger partial charge >= 0.3 is 0 Å². The normalized spacial score (nSPS) is 14.1. The lowest BCUT2D eigenvalue weighted by molar-refractivity contribution is 0.0977. The van der Waals surface area contributed by atoms with E-state index in [1.54, 1.807) is 0 Å². The van der Waals surface area contributed by atoms with E-state index in [1.165, 1.54) is 5.56 Å². The van der Waals surface area contributed by atoms with Crippen LogP contribution >= 0.6 is 12.2 Å². The van der Waals surface area contributed by atoms with E-state index in [0.717, 1.165) is 37.7 Å². The second kappa shape index (κ2) is 8.97. The van der Waals surface area contributed by atoms with E-state index in [0.29, 0.717) is 11.5 Å². The number of carbonyl (C=O) groups is 1. The van der Waals surface area contributed by atoms with Gasteiger partial charge in [0.1, 0.15) is 0 Å². The van der Waals surface area contributed by atoms with Crippen LogP contribution in [0.25, 0.3) is 0 Å². The van der Waals surface area contributed by atoms with Crippen molar-refractivity contribution < 1.29 is 9.53 Å². The Kier molecular flexibility index (Phi) is 6.42. The van der Waals surface area contributed by atoms with Crippen LogP contribution in [0, 0.1) is 0 Å². The van der Waals surface area contributed by atoms with Gasteiger partial charge in [-0.25, -0.2) is 0 Å². The van der Waals surface area contributed by atoms with E-state index in [1.807, 2.05) is 48.5 Å². The largest absolute Gasteiger partial charge is 0.378 e. The van der Waals surface area contributed by atoms with Gasteiger partial charge in [-0.1, -0.05) is 26.0 Å². The number of benzene rings is 2. The maximum Gasteiger partial charge on any atom is 0.257 e. The van der Waals surface area contributed by atoms with Crippen molar-refractivity contribution in [3.63, 3.8) is 0 Å². The standard InChI is InChI=1S/C21H25N3O2S/c1-15(2)16-3-5-17(6-4-16)20(25)23-21(27)22-18-7-9-19(10-8-18)24-11-13-26-14-12-24/h3-10,15H,11-14H2,1-2H3,(H2,22,23,25,27). The number of nitrogens with zero attached hydrogens (tertiary/aromatic N) is 1. The van der Waals surface area contributed by atoms with Crippen molar-refractivity contribution in [3.8, 4) is 0 Å². The quantitative estimate of drug-likeness (QED) is 0.787. The van der Waals surface area contributed by atoms with Crippen LogP contribution < -0.4 is 15.5 Å². The van der Waals surface area contributed by atoms with Crippen molar-refractivity contribution in [3.05, 3.63) is 59.7 Å². The lowest BCUT2D eigenvalue weighted by Gasteiger charge is -2.28. The zero-order chi connectivity index (χ0) is 19.2. The van der Waals surface area contributed by atoms with Crippen LogP contribution in [0.5, 0.6) is 0 Å². The summed E-state index contributed by atoms with van der Waals surface area (Å²) in [6.45, 7) is 7.56. The molecule has 2 aromatic rings. The maximum atomic E-state index is 12.3. The number of hydrogen-bond donors (Lipinski definition) is 2. The summed E-state index contributed by atoms with van der Waals surface area (Å²) in [7, 11) is 0. The number of morpholine rings is 1. The third-order valence-electron chi connectivity index (χ3n) is 4.57. The van der Waals surface area contributed by atoms with Gasteiger partial charge in [-0.15, -0.1) is 0 Å². The number of rotatable bonds is 4. The molecule has 5 nitrogen and oxygen atoms in total. The first-order chi connectivity index (χ1) is 13.0. The molecule has 0 atom stereocenters. The minimum Gasteiger partial charge on any atom is -0.378 e. The van der Waals surface area contributed by atoms with Gasteiger partial charge in [0.2, 0.25) is 0 Å². The molecule has 3 rings (SSSR count). The molecular weight excluding hydrogens is 358 g/mol. The van der Waals surface area contributed by atoms with E-state index in [4.69, 9.17) is 17.0 Å². The van der Waals surface area contributed by atoms with Gasteiger partial charge in [-0.3, -0.25) is 10.1 Å². The summed E-state index contributed by atoms with van der Waals surface area (Å²) in [6, 6.07) is 15.6. The minimum absolute atomic E-state index is 0.215. The van der Waals surface area contributed by atoms with E-state index in [2.05, 4.69) is 29.4 Å². The topological polar surface area (TPSA) is 53.6 Å². The molecule has 0 radical (unpaired) electrons. The number of thiocarbonyl (C=S) groups is 1. The molecule has 0 bridgehead atoms. The summed E-state index contributed by atoms with van der Waals surface area (Å²) >= 11 is 5.27. The van der Waals surface area contributed by atoms with Crippen molar-refractivity contribution in [2.45, 2.75) is 19.8 Å². The van der Waals surface area contributed by atoms with Crippen LogP contribution in [-0.4, -0.2) is 37.3 Å². The highest BCUT2D eigenvalue weighted by Gasteiger charge is 2.12. The predicted octanol–water partition coefficient (Wildman–Crippen LogP) is 3.77. The van der Waals surface area contributed by atoms with Crippen molar-refractivity contribution >= 4 is 34.6 Å². The molecule has 1 amide bonds. The third kappa shape index (κ3) is 5.28. The Bertz CT molecular complexity index is 782. The monoisotopic (exact) mass is 383 g/mol. The molecule has 0 aliphatic carbocycles. The lowest BCUT2D eigenvalue weighted by Crippen LogP contribution is -2.36. The first-order valence-corrected chi connectivity index (χ1v) is 9.59. The molecule has 1 saturated heterocycles. The van der Waals surface area contributed by atoms with Crippen molar-refractivity contribution in [2.24, 2.45) is 0 Å². The van der Waals surface area contributed by atoms with Crippen molar-refractivity contribution in [2.75, 3.05) is 36.5 Å². The van der Waals surface area contributed by atoms with Crippen LogP contribution in [0.15, 0.2) is 48.5 Å². The number of hydrogen-bond acceptors (Lipinski definition) is 4. The Balaban J connectivity index is 1.54. The second-order valence-corrected chi connectivity index (χ2v) is 7.24. The molecule has 2 N–H and O–H groups in total. The number of ether oxygens (including phenoxy) is 1. The molecule has 1 fully saturated rings. The smallest absolute Gasteiger partial charge is 0.257 e. The molecule has 142 valence electrons. The Labute approximate surface area is 165 Å². The van der Waals surface area contributed by atoms with E-state index in [9.17, 15) is 4.79 Å². The first kappa shape index (κ1) is 19.3. The van der Waals surface area contributed by atoms with Gasteiger partial charge in [-0.2, -0.15) is 0 Å². The summed E-state index contributed by atoms with van der Waals surface area (Å²) < 4.78 is 5.38. The predicted molar refractivity (Wildman–Crippen MR) is 114 cm³/mol. The number of nitrogens with one attached hydrogen (secondary N) is 2. The molecule has 0 saturated carbocycles. The van der Waals surface area contributed by atoms with Gasteiger partial charge in [0.05, 0.1) is 13.2 Å². The Hall–Kier alpha value is -2.44. The van der Waals surface area contributed by atoms with Crippen LogP contribution in [0.2, 0.25) is 0 Å². The molecule has 1 heterocycles. The minimum atomic E-state index is -0.215. The van der Waals surface area contributed by atoms with Gasteiger partial charge in [-0.05, 0) is 60.1 Å². The summed E-state index contributed by atoms with van der Waals surface area (Å²) in [5, 5.41) is 6.07. The van der Waals surface area contributed by atoms with Crippen LogP contribution in [0.1, 0.15) is 35.7 Å². The zero-order valence-corrected chi connectivity index (χ0v) is 16.5. The fourth-order valence-corrected chi connectivity index (χ4v) is 3.14. The van der Waals surface area contributed by atoms with Crippen molar-refractivity contribution in [1.82, 2.24) is 5.32 Å². The molecule has 2 aromatic carbocycles. The first-order valence-electron chi connectivity index (χ1n) is 9.18. The highest BCUT2D eigenvalue weighted by atomic mass is 32.1. The van der Waals surface area contributed by atoms with Gasteiger partial charge in [0.15, 0.2) is 5.11 Å². The molecule has 6 heteroatoms. The molecular formula is C21H25N3O2S. The average molecular weight is 384 g/mol. The van der Waals surface area contributed by atoms with Crippen LogP contribution in [0.4, 0.5) is 11.4 Å². The van der Waals surface area contributed by atoms with Gasteiger partial charge in [0, 0.05) is 30.0 Å². The fraction of sp³-hybridized carbons (Fsp3) is 0.333. The van der Waals surface area contributed by atoms with Crippen LogP contribution in [-0.2, 0) is 4.74 Å². The molecule has 27 heavy (non-hydrogen) atoms. The van der Waals surface area contributed by atoms with Crippen LogP contribution in [0.3, 0.4) is 0 Å².